The second-order valence-corrected chi connectivity index (χ2v) is 9.80. The number of nitrogens with zero attached hydrogens (tertiary/aromatic N) is 6. The minimum absolute atomic E-state index is 0.0732. The number of hydrogen-bond acceptors (Lipinski definition) is 5. The third kappa shape index (κ3) is 3.65. The van der Waals surface area contributed by atoms with Gasteiger partial charge in [0.15, 0.2) is 12.0 Å². The Balaban J connectivity index is 1.35. The van der Waals surface area contributed by atoms with Crippen molar-refractivity contribution in [2.75, 3.05) is 18.0 Å². The van der Waals surface area contributed by atoms with Crippen LogP contribution < -0.4 is 4.90 Å². The Morgan fingerprint density at radius 3 is 2.91 bits per heavy atom. The molecule has 1 fully saturated rings. The van der Waals surface area contributed by atoms with Gasteiger partial charge in [0.25, 0.3) is 0 Å². The average Bonchev–Trinajstić information content (AvgIpc) is 3.47. The lowest BCUT2D eigenvalue weighted by molar-refractivity contribution is -0.129. The minimum atomic E-state index is -0.0732. The molecule has 3 atom stereocenters. The average molecular weight is 461 g/mol. The van der Waals surface area contributed by atoms with Gasteiger partial charge in [0.1, 0.15) is 0 Å². The fraction of sp³-hybridized carbons (Fsp3) is 0.500. The number of carbonyl (C=O) groups excluding carboxylic acids is 1. The molecule has 8 nitrogen and oxygen atoms in total. The van der Waals surface area contributed by atoms with E-state index in [4.69, 9.17) is 9.84 Å². The van der Waals surface area contributed by atoms with Gasteiger partial charge in [-0.05, 0) is 30.9 Å². The second-order valence-electron chi connectivity index (χ2n) is 9.80. The molecule has 0 bridgehead atoms. The highest BCUT2D eigenvalue weighted by Gasteiger charge is 2.37. The number of allylic oxidation sites excluding steroid dienone is 3. The maximum absolute atomic E-state index is 12.2. The summed E-state index contributed by atoms with van der Waals surface area (Å²) < 4.78 is 9.93. The Hall–Kier alpha value is -3.29. The van der Waals surface area contributed by atoms with E-state index in [1.807, 2.05) is 22.8 Å². The van der Waals surface area contributed by atoms with Gasteiger partial charge in [-0.1, -0.05) is 18.2 Å². The van der Waals surface area contributed by atoms with Crippen LogP contribution >= 0.6 is 0 Å². The van der Waals surface area contributed by atoms with E-state index < -0.39 is 0 Å². The first-order valence-corrected chi connectivity index (χ1v) is 12.4. The van der Waals surface area contributed by atoms with Gasteiger partial charge in [0.05, 0.1) is 30.7 Å². The van der Waals surface area contributed by atoms with E-state index in [-0.39, 0.29) is 18.2 Å². The predicted octanol–water partition coefficient (Wildman–Crippen LogP) is 3.58. The van der Waals surface area contributed by atoms with Crippen molar-refractivity contribution >= 4 is 17.3 Å². The molecule has 1 aliphatic carbocycles. The maximum Gasteiger partial charge on any atom is 0.219 e. The number of ether oxygens (including phenoxy) is 1. The monoisotopic (exact) mass is 460 g/mol. The second kappa shape index (κ2) is 8.49. The Kier molecular flexibility index (Phi) is 5.31. The number of anilines is 1. The van der Waals surface area contributed by atoms with Crippen molar-refractivity contribution in [3.63, 3.8) is 0 Å². The molecule has 8 heteroatoms. The number of fused-ring (bicyclic) bond motifs is 2. The van der Waals surface area contributed by atoms with Crippen LogP contribution in [0.5, 0.6) is 0 Å². The molecule has 1 saturated heterocycles. The molecule has 0 spiro atoms. The molecule has 3 aliphatic heterocycles. The highest BCUT2D eigenvalue weighted by atomic mass is 16.5. The summed E-state index contributed by atoms with van der Waals surface area (Å²) in [6, 6.07) is 0.265. The third-order valence-electron chi connectivity index (χ3n) is 7.61. The van der Waals surface area contributed by atoms with Crippen LogP contribution in [0.4, 0.5) is 5.82 Å². The van der Waals surface area contributed by atoms with Crippen LogP contribution in [-0.4, -0.2) is 49.5 Å². The van der Waals surface area contributed by atoms with Crippen LogP contribution in [0, 0.1) is 5.92 Å². The number of hydrogen-bond donors (Lipinski definition) is 0. The smallest absolute Gasteiger partial charge is 0.219 e. The number of carbonyl (C=O) groups is 1. The first kappa shape index (κ1) is 21.3. The summed E-state index contributed by atoms with van der Waals surface area (Å²) in [5.41, 5.74) is 4.82. The largest absolute Gasteiger partial charge is 0.477 e. The SMILES string of the molecule is CC(=O)N1CCc2c(c(N3CCCC4C=C(c5cnn(C)c5)C=C[C@@H]43)nn2C2CCC=CO2)C1. The summed E-state index contributed by atoms with van der Waals surface area (Å²) in [5, 5.41) is 9.53. The fourth-order valence-electron chi connectivity index (χ4n) is 5.84. The molecule has 0 aromatic carbocycles. The summed E-state index contributed by atoms with van der Waals surface area (Å²) in [5.74, 6) is 1.58. The fourth-order valence-corrected chi connectivity index (χ4v) is 5.84. The summed E-state index contributed by atoms with van der Waals surface area (Å²) >= 11 is 0. The number of aryl methyl sites for hydroxylation is 1. The Labute approximate surface area is 200 Å². The molecule has 2 aromatic rings. The molecule has 4 aliphatic rings. The molecule has 6 rings (SSSR count). The lowest BCUT2D eigenvalue weighted by Crippen LogP contribution is -2.45. The number of aromatic nitrogens is 4. The number of rotatable bonds is 3. The van der Waals surface area contributed by atoms with E-state index in [2.05, 4.69) is 45.2 Å². The zero-order valence-corrected chi connectivity index (χ0v) is 19.9. The Morgan fingerprint density at radius 1 is 1.24 bits per heavy atom. The predicted molar refractivity (Wildman–Crippen MR) is 130 cm³/mol. The van der Waals surface area contributed by atoms with E-state index in [0.29, 0.717) is 12.5 Å². The molecular formula is C26H32N6O2. The van der Waals surface area contributed by atoms with Gasteiger partial charge in [0.2, 0.25) is 5.91 Å². The van der Waals surface area contributed by atoms with Gasteiger partial charge < -0.3 is 14.5 Å². The van der Waals surface area contributed by atoms with Crippen LogP contribution in [0.2, 0.25) is 0 Å². The van der Waals surface area contributed by atoms with Crippen molar-refractivity contribution in [1.82, 2.24) is 24.5 Å². The van der Waals surface area contributed by atoms with E-state index >= 15 is 0 Å². The Bertz CT molecular complexity index is 1190. The maximum atomic E-state index is 12.2. The van der Waals surface area contributed by atoms with E-state index in [9.17, 15) is 4.79 Å². The van der Waals surface area contributed by atoms with Crippen LogP contribution in [0.3, 0.4) is 0 Å². The lowest BCUT2D eigenvalue weighted by Gasteiger charge is -2.41. The standard InChI is InChI=1S/C26H32N6O2/c1-18(33)30-12-10-24-22(17-30)26(28-32(24)25-7-3-4-13-34-25)31-11-5-6-20-14-19(8-9-23(20)31)21-15-27-29(2)16-21/h4,8-9,13-16,20,23,25H,3,5-7,10-12,17H2,1-2H3/t20?,23-,25?/m0/s1. The van der Waals surface area contributed by atoms with Gasteiger partial charge in [0, 0.05) is 63.1 Å². The molecule has 2 unspecified atom stereocenters. The molecular weight excluding hydrogens is 428 g/mol. The molecule has 178 valence electrons. The molecule has 0 saturated carbocycles. The molecule has 5 heterocycles. The van der Waals surface area contributed by atoms with Crippen molar-refractivity contribution in [2.24, 2.45) is 13.0 Å². The summed E-state index contributed by atoms with van der Waals surface area (Å²) in [6.45, 7) is 3.99. The summed E-state index contributed by atoms with van der Waals surface area (Å²) in [4.78, 5) is 16.6. The zero-order valence-electron chi connectivity index (χ0n) is 19.9. The van der Waals surface area contributed by atoms with Crippen LogP contribution in [0.15, 0.2) is 43.0 Å². The van der Waals surface area contributed by atoms with Crippen LogP contribution in [-0.2, 0) is 29.5 Å². The quantitative estimate of drug-likeness (QED) is 0.700. The summed E-state index contributed by atoms with van der Waals surface area (Å²) in [7, 11) is 1.96. The zero-order chi connectivity index (χ0) is 23.2. The molecule has 2 aromatic heterocycles. The minimum Gasteiger partial charge on any atom is -0.477 e. The van der Waals surface area contributed by atoms with Crippen molar-refractivity contribution < 1.29 is 9.53 Å². The van der Waals surface area contributed by atoms with Crippen molar-refractivity contribution in [2.45, 2.75) is 57.8 Å². The number of amides is 1. The van der Waals surface area contributed by atoms with Crippen molar-refractivity contribution in [3.8, 4) is 0 Å². The van der Waals surface area contributed by atoms with Gasteiger partial charge in [-0.2, -0.15) is 10.2 Å². The van der Waals surface area contributed by atoms with E-state index in [0.717, 1.165) is 56.6 Å². The first-order valence-electron chi connectivity index (χ1n) is 12.4. The van der Waals surface area contributed by atoms with Gasteiger partial charge >= 0.3 is 0 Å². The van der Waals surface area contributed by atoms with E-state index in [1.165, 1.54) is 16.8 Å². The third-order valence-corrected chi connectivity index (χ3v) is 7.61. The van der Waals surface area contributed by atoms with Gasteiger partial charge in [-0.25, -0.2) is 4.68 Å². The number of piperidine rings is 1. The van der Waals surface area contributed by atoms with Crippen molar-refractivity contribution in [3.05, 3.63) is 59.8 Å². The molecule has 0 radical (unpaired) electrons. The van der Waals surface area contributed by atoms with E-state index in [1.54, 1.807) is 13.2 Å². The summed E-state index contributed by atoms with van der Waals surface area (Å²) in [6.07, 6.45) is 19.8. The van der Waals surface area contributed by atoms with Crippen LogP contribution in [0.1, 0.15) is 55.7 Å². The first-order chi connectivity index (χ1) is 16.6. The van der Waals surface area contributed by atoms with Crippen LogP contribution in [0.25, 0.3) is 5.57 Å². The molecule has 34 heavy (non-hydrogen) atoms. The normalized spacial score (nSPS) is 26.1. The molecule has 1 amide bonds. The highest BCUT2D eigenvalue weighted by Crippen LogP contribution is 2.40. The Morgan fingerprint density at radius 2 is 2.15 bits per heavy atom. The van der Waals surface area contributed by atoms with Gasteiger partial charge in [-0.3, -0.25) is 9.48 Å². The van der Waals surface area contributed by atoms with Crippen molar-refractivity contribution in [1.29, 1.82) is 0 Å². The topological polar surface area (TPSA) is 68.4 Å². The highest BCUT2D eigenvalue weighted by molar-refractivity contribution is 5.76. The lowest BCUT2D eigenvalue weighted by atomic mass is 9.82. The van der Waals surface area contributed by atoms with Gasteiger partial charge in [-0.15, -0.1) is 0 Å². The molecule has 0 N–H and O–H groups in total.